The minimum atomic E-state index is -0.373. The molecule has 1 aromatic carbocycles. The molecule has 1 saturated heterocycles. The third-order valence-corrected chi connectivity index (χ3v) is 4.10. The molecule has 7 heteroatoms. The summed E-state index contributed by atoms with van der Waals surface area (Å²) in [4.78, 5) is 18.7. The summed E-state index contributed by atoms with van der Waals surface area (Å²) in [7, 11) is 0. The Morgan fingerprint density at radius 1 is 1.35 bits per heavy atom. The lowest BCUT2D eigenvalue weighted by atomic mass is 10.1. The van der Waals surface area contributed by atoms with Gasteiger partial charge in [0.05, 0.1) is 13.2 Å². The Bertz CT molecular complexity index is 840. The van der Waals surface area contributed by atoms with Crippen molar-refractivity contribution in [1.29, 1.82) is 0 Å². The van der Waals surface area contributed by atoms with Gasteiger partial charge in [-0.25, -0.2) is 0 Å². The Hall–Kier alpha value is -2.67. The number of morpholine rings is 1. The first-order chi connectivity index (χ1) is 11.3. The number of amides is 1. The van der Waals surface area contributed by atoms with E-state index in [9.17, 15) is 4.79 Å². The zero-order valence-corrected chi connectivity index (χ0v) is 12.6. The highest BCUT2D eigenvalue weighted by molar-refractivity contribution is 5.99. The predicted octanol–water partition coefficient (Wildman–Crippen LogP) is 2.34. The Kier molecular flexibility index (Phi) is 3.34. The lowest BCUT2D eigenvalue weighted by molar-refractivity contribution is -0.00723. The van der Waals surface area contributed by atoms with Crippen LogP contribution >= 0.6 is 0 Å². The highest BCUT2D eigenvalue weighted by Crippen LogP contribution is 2.29. The Morgan fingerprint density at radius 2 is 2.22 bits per heavy atom. The van der Waals surface area contributed by atoms with Crippen molar-refractivity contribution in [3.63, 3.8) is 0 Å². The van der Waals surface area contributed by atoms with Gasteiger partial charge in [0.25, 0.3) is 5.91 Å². The molecule has 1 atom stereocenters. The number of benzene rings is 1. The summed E-state index contributed by atoms with van der Waals surface area (Å²) < 4.78 is 16.0. The van der Waals surface area contributed by atoms with Gasteiger partial charge in [-0.3, -0.25) is 4.79 Å². The minimum absolute atomic E-state index is 0.184. The fourth-order valence-electron chi connectivity index (χ4n) is 2.90. The number of aryl methyl sites for hydroxylation is 1. The molecule has 7 nitrogen and oxygen atoms in total. The van der Waals surface area contributed by atoms with Crippen LogP contribution in [0.15, 0.2) is 39.6 Å². The Balaban J connectivity index is 1.72. The third-order valence-electron chi connectivity index (χ3n) is 4.10. The maximum atomic E-state index is 13.0. The number of para-hydroxylation sites is 1. The molecule has 1 aliphatic rings. The molecule has 0 saturated carbocycles. The molecule has 23 heavy (non-hydrogen) atoms. The molecule has 4 rings (SSSR count). The van der Waals surface area contributed by atoms with Crippen molar-refractivity contribution in [2.45, 2.75) is 13.0 Å². The van der Waals surface area contributed by atoms with Gasteiger partial charge in [-0.2, -0.15) is 4.98 Å². The number of rotatable bonds is 2. The number of carbonyl (C=O) groups is 1. The van der Waals surface area contributed by atoms with Crippen molar-refractivity contribution < 1.29 is 18.5 Å². The molecule has 3 heterocycles. The number of aromatic nitrogens is 2. The fourth-order valence-corrected chi connectivity index (χ4v) is 2.90. The zero-order valence-electron chi connectivity index (χ0n) is 12.6. The van der Waals surface area contributed by atoms with Gasteiger partial charge in [-0.05, 0) is 13.0 Å². The van der Waals surface area contributed by atoms with Crippen LogP contribution in [0.25, 0.3) is 11.0 Å². The van der Waals surface area contributed by atoms with Gasteiger partial charge >= 0.3 is 0 Å². The number of furan rings is 1. The van der Waals surface area contributed by atoms with E-state index in [0.717, 1.165) is 10.9 Å². The van der Waals surface area contributed by atoms with E-state index in [-0.39, 0.29) is 11.9 Å². The molecule has 0 bridgehead atoms. The van der Waals surface area contributed by atoms with Crippen molar-refractivity contribution in [3.05, 3.63) is 47.8 Å². The van der Waals surface area contributed by atoms with Gasteiger partial charge in [0.15, 0.2) is 11.6 Å². The number of fused-ring (bicyclic) bond motifs is 1. The third kappa shape index (κ3) is 2.29. The van der Waals surface area contributed by atoms with Crippen molar-refractivity contribution in [2.75, 3.05) is 19.8 Å². The summed E-state index contributed by atoms with van der Waals surface area (Å²) in [5, 5.41) is 4.79. The Labute approximate surface area is 131 Å². The van der Waals surface area contributed by atoms with Crippen molar-refractivity contribution in [1.82, 2.24) is 15.0 Å². The first kappa shape index (κ1) is 14.0. The summed E-state index contributed by atoms with van der Waals surface area (Å²) in [5.41, 5.74) is 1.54. The average Bonchev–Trinajstić information content (AvgIpc) is 3.23. The van der Waals surface area contributed by atoms with E-state index in [1.165, 1.54) is 6.39 Å². The summed E-state index contributed by atoms with van der Waals surface area (Å²) in [5.74, 6) is 0.602. The highest BCUT2D eigenvalue weighted by Gasteiger charge is 2.34. The molecule has 3 aromatic rings. The summed E-state index contributed by atoms with van der Waals surface area (Å²) in [6, 6.07) is 7.24. The number of nitrogens with zero attached hydrogens (tertiary/aromatic N) is 3. The second kappa shape index (κ2) is 5.51. The molecule has 0 spiro atoms. The molecule has 1 amide bonds. The zero-order chi connectivity index (χ0) is 15.8. The van der Waals surface area contributed by atoms with Gasteiger partial charge in [0.1, 0.15) is 11.6 Å². The van der Waals surface area contributed by atoms with Gasteiger partial charge < -0.3 is 18.6 Å². The van der Waals surface area contributed by atoms with Crippen LogP contribution in [-0.2, 0) is 4.74 Å². The van der Waals surface area contributed by atoms with E-state index in [1.54, 1.807) is 4.90 Å². The van der Waals surface area contributed by atoms with E-state index in [1.807, 2.05) is 31.2 Å². The van der Waals surface area contributed by atoms with Gasteiger partial charge in [0.2, 0.25) is 6.39 Å². The molecule has 118 valence electrons. The number of carbonyl (C=O) groups excluding carboxylic acids is 1. The van der Waals surface area contributed by atoms with Crippen LogP contribution in [0.3, 0.4) is 0 Å². The summed E-state index contributed by atoms with van der Waals surface area (Å²) >= 11 is 0. The normalized spacial score (nSPS) is 18.5. The van der Waals surface area contributed by atoms with Crippen LogP contribution in [0, 0.1) is 6.92 Å². The van der Waals surface area contributed by atoms with Crippen LogP contribution in [0.2, 0.25) is 0 Å². The van der Waals surface area contributed by atoms with Crippen LogP contribution in [0.4, 0.5) is 0 Å². The molecule has 2 aromatic heterocycles. The second-order valence-electron chi connectivity index (χ2n) is 5.43. The number of hydrogen-bond donors (Lipinski definition) is 0. The minimum Gasteiger partial charge on any atom is -0.451 e. The largest absolute Gasteiger partial charge is 0.451 e. The predicted molar refractivity (Wildman–Crippen MR) is 79.8 cm³/mol. The van der Waals surface area contributed by atoms with Crippen LogP contribution in [0.5, 0.6) is 0 Å². The van der Waals surface area contributed by atoms with E-state index in [2.05, 4.69) is 10.1 Å². The van der Waals surface area contributed by atoms with Crippen LogP contribution in [0.1, 0.15) is 28.0 Å². The molecule has 1 fully saturated rings. The maximum Gasteiger partial charge on any atom is 0.290 e. The molecule has 1 aliphatic heterocycles. The van der Waals surface area contributed by atoms with E-state index in [4.69, 9.17) is 13.7 Å². The van der Waals surface area contributed by atoms with Gasteiger partial charge in [-0.15, -0.1) is 0 Å². The maximum absolute atomic E-state index is 13.0. The molecule has 0 aliphatic carbocycles. The molecule has 0 unspecified atom stereocenters. The van der Waals surface area contributed by atoms with Crippen molar-refractivity contribution in [3.8, 4) is 0 Å². The molecular weight excluding hydrogens is 298 g/mol. The van der Waals surface area contributed by atoms with E-state index in [0.29, 0.717) is 36.9 Å². The smallest absolute Gasteiger partial charge is 0.290 e. The standard InChI is InChI=1S/C16H15N3O4/c1-10-11-4-2-3-5-13(11)23-14(10)16(20)19-6-7-21-8-12(19)15-17-9-22-18-15/h2-5,9,12H,6-8H2,1H3/t12-/m1/s1. The fraction of sp³-hybridized carbons (Fsp3) is 0.312. The quantitative estimate of drug-likeness (QED) is 0.722. The lowest BCUT2D eigenvalue weighted by Crippen LogP contribution is -2.43. The van der Waals surface area contributed by atoms with Crippen LogP contribution < -0.4 is 0 Å². The SMILES string of the molecule is Cc1c(C(=O)N2CCOC[C@@H]2c2ncon2)oc2ccccc12. The van der Waals surface area contributed by atoms with Crippen LogP contribution in [-0.4, -0.2) is 40.7 Å². The topological polar surface area (TPSA) is 81.6 Å². The second-order valence-corrected chi connectivity index (χ2v) is 5.43. The van der Waals surface area contributed by atoms with Crippen molar-refractivity contribution in [2.24, 2.45) is 0 Å². The first-order valence-corrected chi connectivity index (χ1v) is 7.39. The number of ether oxygens (including phenoxy) is 1. The molecule has 0 radical (unpaired) electrons. The highest BCUT2D eigenvalue weighted by atomic mass is 16.5. The van der Waals surface area contributed by atoms with Gasteiger partial charge in [-0.1, -0.05) is 23.4 Å². The van der Waals surface area contributed by atoms with Crippen molar-refractivity contribution >= 4 is 16.9 Å². The lowest BCUT2D eigenvalue weighted by Gasteiger charge is -2.33. The van der Waals surface area contributed by atoms with Gasteiger partial charge in [0, 0.05) is 17.5 Å². The van der Waals surface area contributed by atoms with E-state index < -0.39 is 0 Å². The monoisotopic (exact) mass is 313 g/mol. The molecule has 0 N–H and O–H groups in total. The van der Waals surface area contributed by atoms with E-state index >= 15 is 0 Å². The molecular formula is C16H15N3O4. The summed E-state index contributed by atoms with van der Waals surface area (Å²) in [6.45, 7) is 3.15. The first-order valence-electron chi connectivity index (χ1n) is 7.39. The average molecular weight is 313 g/mol. The summed E-state index contributed by atoms with van der Waals surface area (Å²) in [6.07, 6.45) is 1.25. The number of hydrogen-bond acceptors (Lipinski definition) is 6. The Morgan fingerprint density at radius 3 is 3.00 bits per heavy atom.